The van der Waals surface area contributed by atoms with Crippen molar-refractivity contribution in [2.45, 2.75) is 33.2 Å². The van der Waals surface area contributed by atoms with Crippen molar-refractivity contribution in [3.05, 3.63) is 27.4 Å². The number of hydrogen-bond donors (Lipinski definition) is 0. The molecule has 0 aliphatic carbocycles. The van der Waals surface area contributed by atoms with Gasteiger partial charge in [-0.05, 0) is 6.42 Å². The van der Waals surface area contributed by atoms with Crippen molar-refractivity contribution in [2.75, 3.05) is 13.2 Å². The fourth-order valence-electron chi connectivity index (χ4n) is 1.43. The number of aryl methyl sites for hydroxylation is 1. The van der Waals surface area contributed by atoms with E-state index in [0.717, 1.165) is 13.0 Å². The van der Waals surface area contributed by atoms with Gasteiger partial charge in [0, 0.05) is 19.1 Å². The summed E-state index contributed by atoms with van der Waals surface area (Å²) < 4.78 is 6.96. The van der Waals surface area contributed by atoms with Crippen LogP contribution in [0.1, 0.15) is 26.1 Å². The molecule has 0 amide bonds. The topological polar surface area (TPSA) is 44.1 Å². The molecule has 0 spiro atoms. The van der Waals surface area contributed by atoms with Gasteiger partial charge in [0.05, 0.1) is 13.2 Å². The van der Waals surface area contributed by atoms with Gasteiger partial charge in [-0.1, -0.05) is 25.4 Å². The molecule has 0 radical (unpaired) electrons. The summed E-state index contributed by atoms with van der Waals surface area (Å²) in [4.78, 5) is 15.8. The van der Waals surface area contributed by atoms with Gasteiger partial charge >= 0.3 is 0 Å². The van der Waals surface area contributed by atoms with Crippen LogP contribution >= 0.6 is 11.6 Å². The van der Waals surface area contributed by atoms with Crippen LogP contribution in [0.4, 0.5) is 0 Å². The Labute approximate surface area is 100 Å². The molecule has 0 atom stereocenters. The van der Waals surface area contributed by atoms with E-state index in [-0.39, 0.29) is 10.7 Å². The number of hydrogen-bond acceptors (Lipinski definition) is 3. The van der Waals surface area contributed by atoms with Crippen molar-refractivity contribution >= 4 is 11.6 Å². The summed E-state index contributed by atoms with van der Waals surface area (Å²) in [6, 6.07) is 1.33. The molecular formula is C11H17ClN2O2. The minimum Gasteiger partial charge on any atom is -0.380 e. The quantitative estimate of drug-likeness (QED) is 0.567. The third kappa shape index (κ3) is 3.61. The molecule has 1 aromatic heterocycles. The van der Waals surface area contributed by atoms with E-state index in [0.29, 0.717) is 25.4 Å². The lowest BCUT2D eigenvalue weighted by atomic mass is 10.4. The van der Waals surface area contributed by atoms with Crippen LogP contribution in [-0.2, 0) is 17.7 Å². The molecule has 1 rings (SSSR count). The largest absolute Gasteiger partial charge is 0.380 e. The van der Waals surface area contributed by atoms with Gasteiger partial charge in [0.1, 0.15) is 11.0 Å². The van der Waals surface area contributed by atoms with Gasteiger partial charge in [0.2, 0.25) is 0 Å². The SMILES string of the molecule is CCCOCCn1c(CC)nc(Cl)cc1=O. The highest BCUT2D eigenvalue weighted by molar-refractivity contribution is 6.29. The summed E-state index contributed by atoms with van der Waals surface area (Å²) in [6.07, 6.45) is 1.66. The van der Waals surface area contributed by atoms with Crippen LogP contribution in [0, 0.1) is 0 Å². The summed E-state index contributed by atoms with van der Waals surface area (Å²) >= 11 is 5.73. The number of rotatable bonds is 6. The van der Waals surface area contributed by atoms with Gasteiger partial charge in [-0.2, -0.15) is 0 Å². The molecule has 0 bridgehead atoms. The van der Waals surface area contributed by atoms with Crippen LogP contribution in [0.25, 0.3) is 0 Å². The Morgan fingerprint density at radius 3 is 2.81 bits per heavy atom. The minimum absolute atomic E-state index is 0.114. The normalized spacial score (nSPS) is 10.7. The van der Waals surface area contributed by atoms with E-state index in [1.807, 2.05) is 13.8 Å². The van der Waals surface area contributed by atoms with Crippen LogP contribution in [0.3, 0.4) is 0 Å². The highest BCUT2D eigenvalue weighted by Crippen LogP contribution is 2.03. The first kappa shape index (κ1) is 13.2. The fraction of sp³-hybridized carbons (Fsp3) is 0.636. The van der Waals surface area contributed by atoms with Gasteiger partial charge in [0.25, 0.3) is 5.56 Å². The molecule has 1 aromatic rings. The van der Waals surface area contributed by atoms with Gasteiger partial charge in [-0.3, -0.25) is 9.36 Å². The molecule has 0 saturated heterocycles. The molecule has 16 heavy (non-hydrogen) atoms. The highest BCUT2D eigenvalue weighted by Gasteiger charge is 2.05. The van der Waals surface area contributed by atoms with E-state index < -0.39 is 0 Å². The Hall–Kier alpha value is -0.870. The predicted molar refractivity (Wildman–Crippen MR) is 64.0 cm³/mol. The highest BCUT2D eigenvalue weighted by atomic mass is 35.5. The third-order valence-corrected chi connectivity index (χ3v) is 2.37. The lowest BCUT2D eigenvalue weighted by molar-refractivity contribution is 0.125. The second-order valence-corrected chi connectivity index (χ2v) is 3.84. The summed E-state index contributed by atoms with van der Waals surface area (Å²) in [5, 5.41) is 0.257. The molecule has 1 heterocycles. The van der Waals surface area contributed by atoms with E-state index in [4.69, 9.17) is 16.3 Å². The van der Waals surface area contributed by atoms with E-state index in [2.05, 4.69) is 4.98 Å². The number of nitrogens with zero attached hydrogens (tertiary/aromatic N) is 2. The molecule has 0 aromatic carbocycles. The van der Waals surface area contributed by atoms with Gasteiger partial charge in [-0.15, -0.1) is 0 Å². The molecule has 90 valence electrons. The Morgan fingerprint density at radius 1 is 1.44 bits per heavy atom. The second kappa shape index (κ2) is 6.66. The Kier molecular flexibility index (Phi) is 5.49. The smallest absolute Gasteiger partial charge is 0.255 e. The molecule has 0 aliphatic rings. The van der Waals surface area contributed by atoms with Crippen molar-refractivity contribution in [1.82, 2.24) is 9.55 Å². The van der Waals surface area contributed by atoms with E-state index in [9.17, 15) is 4.79 Å². The van der Waals surface area contributed by atoms with Crippen LogP contribution in [0.15, 0.2) is 10.9 Å². The van der Waals surface area contributed by atoms with Crippen molar-refractivity contribution in [3.63, 3.8) is 0 Å². The molecular weight excluding hydrogens is 228 g/mol. The van der Waals surface area contributed by atoms with Crippen molar-refractivity contribution in [3.8, 4) is 0 Å². The predicted octanol–water partition coefficient (Wildman–Crippen LogP) is 1.89. The van der Waals surface area contributed by atoms with E-state index in [1.54, 1.807) is 4.57 Å². The van der Waals surface area contributed by atoms with Crippen molar-refractivity contribution in [1.29, 1.82) is 0 Å². The maximum absolute atomic E-state index is 11.7. The fourth-order valence-corrected chi connectivity index (χ4v) is 1.63. The maximum Gasteiger partial charge on any atom is 0.255 e. The van der Waals surface area contributed by atoms with E-state index in [1.165, 1.54) is 6.07 Å². The summed E-state index contributed by atoms with van der Waals surface area (Å²) in [7, 11) is 0. The van der Waals surface area contributed by atoms with Gasteiger partial charge < -0.3 is 4.74 Å². The monoisotopic (exact) mass is 244 g/mol. The third-order valence-electron chi connectivity index (χ3n) is 2.18. The van der Waals surface area contributed by atoms with Crippen molar-refractivity contribution < 1.29 is 4.74 Å². The Bertz CT molecular complexity index is 390. The standard InChI is InChI=1S/C11H17ClN2O2/c1-3-6-16-7-5-14-10(4-2)13-9(12)8-11(14)15/h8H,3-7H2,1-2H3. The molecule has 0 unspecified atom stereocenters. The lowest BCUT2D eigenvalue weighted by Gasteiger charge is -2.10. The zero-order valence-electron chi connectivity index (χ0n) is 9.70. The second-order valence-electron chi connectivity index (χ2n) is 3.45. The van der Waals surface area contributed by atoms with Gasteiger partial charge in [-0.25, -0.2) is 4.98 Å². The minimum atomic E-state index is -0.114. The molecule has 4 nitrogen and oxygen atoms in total. The van der Waals surface area contributed by atoms with Gasteiger partial charge in [0.15, 0.2) is 0 Å². The molecule has 5 heteroatoms. The van der Waals surface area contributed by atoms with E-state index >= 15 is 0 Å². The number of aromatic nitrogens is 2. The summed E-state index contributed by atoms with van der Waals surface area (Å²) in [6.45, 7) is 5.78. The van der Waals surface area contributed by atoms with Crippen LogP contribution < -0.4 is 5.56 Å². The van der Waals surface area contributed by atoms with Crippen LogP contribution in [0.5, 0.6) is 0 Å². The Morgan fingerprint density at radius 2 is 2.19 bits per heavy atom. The number of ether oxygens (including phenoxy) is 1. The molecule has 0 saturated carbocycles. The maximum atomic E-state index is 11.7. The first-order valence-electron chi connectivity index (χ1n) is 5.53. The van der Waals surface area contributed by atoms with Crippen molar-refractivity contribution in [2.24, 2.45) is 0 Å². The molecule has 0 fully saturated rings. The molecule has 0 N–H and O–H groups in total. The summed E-state index contributed by atoms with van der Waals surface area (Å²) in [5.41, 5.74) is -0.114. The number of halogens is 1. The molecule has 0 aliphatic heterocycles. The van der Waals surface area contributed by atoms with Crippen LogP contribution in [0.2, 0.25) is 5.15 Å². The van der Waals surface area contributed by atoms with Crippen LogP contribution in [-0.4, -0.2) is 22.8 Å². The first-order chi connectivity index (χ1) is 7.69. The first-order valence-corrected chi connectivity index (χ1v) is 5.90. The average molecular weight is 245 g/mol. The average Bonchev–Trinajstić information content (AvgIpc) is 2.26. The Balaban J connectivity index is 2.74. The summed E-state index contributed by atoms with van der Waals surface area (Å²) in [5.74, 6) is 0.706. The lowest BCUT2D eigenvalue weighted by Crippen LogP contribution is -2.26. The zero-order chi connectivity index (χ0) is 12.0. The zero-order valence-corrected chi connectivity index (χ0v) is 10.5.